The van der Waals surface area contributed by atoms with Gasteiger partial charge in [0.25, 0.3) is 0 Å². The predicted molar refractivity (Wildman–Crippen MR) is 70.6 cm³/mol. The number of ketones is 1. The van der Waals surface area contributed by atoms with E-state index >= 15 is 0 Å². The maximum Gasteiger partial charge on any atom is 0.131 e. The van der Waals surface area contributed by atoms with Crippen LogP contribution < -0.4 is 0 Å². The van der Waals surface area contributed by atoms with Gasteiger partial charge in [-0.05, 0) is 51.2 Å². The number of carbonyl (C=O) groups excluding carboxylic acids is 1. The van der Waals surface area contributed by atoms with Crippen LogP contribution in [-0.4, -0.2) is 24.8 Å². The van der Waals surface area contributed by atoms with Crippen LogP contribution in [0.4, 0.5) is 0 Å². The summed E-state index contributed by atoms with van der Waals surface area (Å²) in [6.45, 7) is 3.72. The highest BCUT2D eigenvalue weighted by atomic mass is 79.9. The maximum absolute atomic E-state index is 11.3. The van der Waals surface area contributed by atoms with Crippen molar-refractivity contribution in [2.75, 3.05) is 14.1 Å². The molecule has 1 aromatic carbocycles. The zero-order valence-electron chi connectivity index (χ0n) is 10.2. The molecule has 0 bridgehead atoms. The highest BCUT2D eigenvalue weighted by molar-refractivity contribution is 9.10. The quantitative estimate of drug-likeness (QED) is 0.845. The van der Waals surface area contributed by atoms with Gasteiger partial charge in [-0.3, -0.25) is 4.79 Å². The van der Waals surface area contributed by atoms with E-state index in [1.54, 1.807) is 6.92 Å². The van der Waals surface area contributed by atoms with Crippen LogP contribution in [0.2, 0.25) is 0 Å². The van der Waals surface area contributed by atoms with E-state index in [9.17, 15) is 4.79 Å². The summed E-state index contributed by atoms with van der Waals surface area (Å²) in [4.78, 5) is 13.4. The molecule has 1 rings (SSSR count). The number of nitrogens with zero attached hydrogens (tertiary/aromatic N) is 1. The first-order valence-corrected chi connectivity index (χ1v) is 6.13. The molecule has 0 aliphatic carbocycles. The van der Waals surface area contributed by atoms with Crippen molar-refractivity contribution in [2.24, 2.45) is 0 Å². The molecule has 0 radical (unpaired) electrons. The van der Waals surface area contributed by atoms with Crippen molar-refractivity contribution in [1.29, 1.82) is 0 Å². The zero-order valence-corrected chi connectivity index (χ0v) is 11.8. The molecule has 2 nitrogen and oxygen atoms in total. The molecule has 16 heavy (non-hydrogen) atoms. The van der Waals surface area contributed by atoms with Crippen molar-refractivity contribution < 1.29 is 4.79 Å². The Bertz CT molecular complexity index is 388. The van der Waals surface area contributed by atoms with E-state index in [1.807, 2.05) is 20.2 Å². The average Bonchev–Trinajstić information content (AvgIpc) is 2.18. The third kappa shape index (κ3) is 3.42. The summed E-state index contributed by atoms with van der Waals surface area (Å²) >= 11 is 3.48. The van der Waals surface area contributed by atoms with Crippen molar-refractivity contribution in [1.82, 2.24) is 4.90 Å². The van der Waals surface area contributed by atoms with Crippen LogP contribution in [0.25, 0.3) is 0 Å². The Labute approximate surface area is 106 Å². The Morgan fingerprint density at radius 3 is 2.56 bits per heavy atom. The van der Waals surface area contributed by atoms with Crippen LogP contribution in [0.1, 0.15) is 30.5 Å². The largest absolute Gasteiger partial charge is 0.302 e. The Hall–Kier alpha value is -0.670. The second-order valence-corrected chi connectivity index (χ2v) is 5.30. The van der Waals surface area contributed by atoms with Crippen LogP contribution in [0, 0.1) is 6.92 Å². The minimum absolute atomic E-state index is 0.162. The molecule has 88 valence electrons. The molecular weight excluding hydrogens is 266 g/mol. The summed E-state index contributed by atoms with van der Waals surface area (Å²) in [5.41, 5.74) is 2.44. The Morgan fingerprint density at radius 1 is 1.44 bits per heavy atom. The van der Waals surface area contributed by atoms with Crippen LogP contribution in [0.5, 0.6) is 0 Å². The average molecular weight is 284 g/mol. The minimum atomic E-state index is 0.162. The smallest absolute Gasteiger partial charge is 0.131 e. The summed E-state index contributed by atoms with van der Waals surface area (Å²) < 4.78 is 1.06. The van der Waals surface area contributed by atoms with Gasteiger partial charge in [-0.15, -0.1) is 0 Å². The molecule has 0 aliphatic heterocycles. The summed E-state index contributed by atoms with van der Waals surface area (Å²) in [5.74, 6) is 0.220. The number of benzene rings is 1. The van der Waals surface area contributed by atoms with Gasteiger partial charge in [-0.2, -0.15) is 0 Å². The van der Waals surface area contributed by atoms with E-state index in [0.29, 0.717) is 6.42 Å². The van der Waals surface area contributed by atoms with E-state index < -0.39 is 0 Å². The number of hydrogen-bond donors (Lipinski definition) is 0. The normalized spacial score (nSPS) is 12.9. The van der Waals surface area contributed by atoms with Crippen molar-refractivity contribution in [2.45, 2.75) is 26.3 Å². The third-order valence-electron chi connectivity index (χ3n) is 2.70. The van der Waals surface area contributed by atoms with E-state index in [-0.39, 0.29) is 11.8 Å². The molecular formula is C13H18BrNO. The second-order valence-electron chi connectivity index (χ2n) is 4.39. The van der Waals surface area contributed by atoms with Gasteiger partial charge in [0.05, 0.1) is 0 Å². The first kappa shape index (κ1) is 13.4. The number of carbonyl (C=O) groups is 1. The van der Waals surface area contributed by atoms with E-state index in [1.165, 1.54) is 11.1 Å². The molecule has 0 heterocycles. The highest BCUT2D eigenvalue weighted by Gasteiger charge is 2.18. The summed E-state index contributed by atoms with van der Waals surface area (Å²) in [6.07, 6.45) is 0.560. The lowest BCUT2D eigenvalue weighted by atomic mass is 9.96. The molecule has 1 atom stereocenters. The van der Waals surface area contributed by atoms with Crippen molar-refractivity contribution >= 4 is 21.7 Å². The molecule has 1 unspecified atom stereocenters. The molecule has 0 aromatic heterocycles. The van der Waals surface area contributed by atoms with Gasteiger partial charge in [0.1, 0.15) is 5.78 Å². The molecule has 0 spiro atoms. The minimum Gasteiger partial charge on any atom is -0.302 e. The van der Waals surface area contributed by atoms with Crippen molar-refractivity contribution in [3.63, 3.8) is 0 Å². The summed E-state index contributed by atoms with van der Waals surface area (Å²) in [7, 11) is 4.02. The lowest BCUT2D eigenvalue weighted by Gasteiger charge is -2.25. The number of Topliss-reactive ketones (excluding diaryl/α,β-unsaturated/α-hetero) is 1. The van der Waals surface area contributed by atoms with Gasteiger partial charge in [0, 0.05) is 16.9 Å². The molecule has 0 fully saturated rings. The number of hydrogen-bond acceptors (Lipinski definition) is 2. The lowest BCUT2D eigenvalue weighted by Crippen LogP contribution is -2.22. The Kier molecular flexibility index (Phi) is 4.69. The number of aryl methyl sites for hydroxylation is 1. The third-order valence-corrected chi connectivity index (χ3v) is 3.20. The van der Waals surface area contributed by atoms with Crippen LogP contribution in [0.3, 0.4) is 0 Å². The van der Waals surface area contributed by atoms with Gasteiger partial charge < -0.3 is 4.90 Å². The SMILES string of the molecule is CC(=O)CC(c1cc(Br)ccc1C)N(C)C. The fourth-order valence-electron chi connectivity index (χ4n) is 1.81. The van der Waals surface area contributed by atoms with E-state index in [2.05, 4.69) is 39.9 Å². The molecule has 0 saturated carbocycles. The highest BCUT2D eigenvalue weighted by Crippen LogP contribution is 2.28. The molecule has 0 saturated heterocycles. The topological polar surface area (TPSA) is 20.3 Å². The predicted octanol–water partition coefficient (Wildman–Crippen LogP) is 3.34. The van der Waals surface area contributed by atoms with Gasteiger partial charge in [0.2, 0.25) is 0 Å². The first-order chi connectivity index (χ1) is 7.41. The Balaban J connectivity index is 3.09. The first-order valence-electron chi connectivity index (χ1n) is 5.33. The maximum atomic E-state index is 11.3. The van der Waals surface area contributed by atoms with Crippen molar-refractivity contribution in [3.8, 4) is 0 Å². The van der Waals surface area contributed by atoms with Gasteiger partial charge >= 0.3 is 0 Å². The molecule has 0 N–H and O–H groups in total. The van der Waals surface area contributed by atoms with Crippen LogP contribution in [0.15, 0.2) is 22.7 Å². The standard InChI is InChI=1S/C13H18BrNO/c1-9-5-6-11(14)8-12(9)13(15(3)4)7-10(2)16/h5-6,8,13H,7H2,1-4H3. The summed E-state index contributed by atoms with van der Waals surface area (Å²) in [6, 6.07) is 6.37. The lowest BCUT2D eigenvalue weighted by molar-refractivity contribution is -0.118. The monoisotopic (exact) mass is 283 g/mol. The fourth-order valence-corrected chi connectivity index (χ4v) is 2.19. The zero-order chi connectivity index (χ0) is 12.3. The van der Waals surface area contributed by atoms with Crippen LogP contribution in [-0.2, 0) is 4.79 Å². The number of rotatable bonds is 4. The number of halogens is 1. The van der Waals surface area contributed by atoms with Gasteiger partial charge in [0.15, 0.2) is 0 Å². The van der Waals surface area contributed by atoms with Gasteiger partial charge in [-0.1, -0.05) is 22.0 Å². The summed E-state index contributed by atoms with van der Waals surface area (Å²) in [5, 5.41) is 0. The van der Waals surface area contributed by atoms with Gasteiger partial charge in [-0.25, -0.2) is 0 Å². The van der Waals surface area contributed by atoms with Crippen molar-refractivity contribution in [3.05, 3.63) is 33.8 Å². The molecule has 3 heteroatoms. The van der Waals surface area contributed by atoms with E-state index in [4.69, 9.17) is 0 Å². The second kappa shape index (κ2) is 5.60. The van der Waals surface area contributed by atoms with E-state index in [0.717, 1.165) is 4.47 Å². The van der Waals surface area contributed by atoms with Crippen LogP contribution >= 0.6 is 15.9 Å². The molecule has 0 aliphatic rings. The Morgan fingerprint density at radius 2 is 2.06 bits per heavy atom. The fraction of sp³-hybridized carbons (Fsp3) is 0.462. The molecule has 1 aromatic rings. The molecule has 0 amide bonds.